The Labute approximate surface area is 166 Å². The minimum absolute atomic E-state index is 0.0515. The number of para-hydroxylation sites is 1. The van der Waals surface area contributed by atoms with Crippen molar-refractivity contribution in [1.29, 1.82) is 0 Å². The van der Waals surface area contributed by atoms with Crippen LogP contribution >= 0.6 is 11.8 Å². The molecule has 1 saturated heterocycles. The topological polar surface area (TPSA) is 79.4 Å². The van der Waals surface area contributed by atoms with Crippen molar-refractivity contribution in [2.75, 3.05) is 19.0 Å². The van der Waals surface area contributed by atoms with Crippen LogP contribution in [0.15, 0.2) is 47.4 Å². The number of non-ortho nitro benzene ring substituents is 1. The summed E-state index contributed by atoms with van der Waals surface area (Å²) >= 11 is 1.60. The average Bonchev–Trinajstić information content (AvgIpc) is 3.34. The molecule has 0 saturated carbocycles. The van der Waals surface area contributed by atoms with Crippen molar-refractivity contribution in [3.63, 3.8) is 0 Å². The molecule has 28 heavy (non-hydrogen) atoms. The van der Waals surface area contributed by atoms with E-state index in [-0.39, 0.29) is 10.6 Å². The highest BCUT2D eigenvalue weighted by Gasteiger charge is 2.29. The molecule has 0 atom stereocenters. The number of nitro benzene ring substituents is 1. The standard InChI is InChI=1S/C20H21N3O4S/c1-13(2)12-28-17-11-15(23(24)25)10-16-18(17)19(20-26-8-9-27-20)21-22(16)14-6-4-3-5-7-14/h3-7,10-11,13,20H,8-9,12H2,1-2H3. The van der Waals surface area contributed by atoms with Gasteiger partial charge in [-0.2, -0.15) is 5.10 Å². The molecule has 8 heteroatoms. The van der Waals surface area contributed by atoms with Gasteiger partial charge < -0.3 is 9.47 Å². The zero-order valence-electron chi connectivity index (χ0n) is 15.7. The van der Waals surface area contributed by atoms with Gasteiger partial charge in [0.15, 0.2) is 0 Å². The first-order valence-corrected chi connectivity index (χ1v) is 10.2. The monoisotopic (exact) mass is 399 g/mol. The molecule has 7 nitrogen and oxygen atoms in total. The Balaban J connectivity index is 1.97. The molecule has 0 bridgehead atoms. The summed E-state index contributed by atoms with van der Waals surface area (Å²) in [6.07, 6.45) is -0.563. The van der Waals surface area contributed by atoms with E-state index in [2.05, 4.69) is 13.8 Å². The van der Waals surface area contributed by atoms with Crippen LogP contribution in [0.1, 0.15) is 25.8 Å². The van der Waals surface area contributed by atoms with Crippen molar-refractivity contribution >= 4 is 28.4 Å². The summed E-state index contributed by atoms with van der Waals surface area (Å²) in [5.41, 5.74) is 2.23. The fourth-order valence-electron chi connectivity index (χ4n) is 3.15. The van der Waals surface area contributed by atoms with Crippen molar-refractivity contribution in [3.8, 4) is 5.69 Å². The number of ether oxygens (including phenoxy) is 2. The highest BCUT2D eigenvalue weighted by molar-refractivity contribution is 7.99. The van der Waals surface area contributed by atoms with Gasteiger partial charge in [-0.25, -0.2) is 4.68 Å². The molecule has 1 aliphatic heterocycles. The highest BCUT2D eigenvalue weighted by Crippen LogP contribution is 2.40. The molecule has 3 aromatic rings. The molecule has 4 rings (SSSR count). The molecule has 1 fully saturated rings. The van der Waals surface area contributed by atoms with E-state index in [0.29, 0.717) is 30.3 Å². The van der Waals surface area contributed by atoms with Gasteiger partial charge >= 0.3 is 0 Å². The second kappa shape index (κ2) is 7.90. The van der Waals surface area contributed by atoms with Crippen LogP contribution in [-0.4, -0.2) is 33.7 Å². The zero-order valence-corrected chi connectivity index (χ0v) is 16.5. The molecule has 0 unspecified atom stereocenters. The lowest BCUT2D eigenvalue weighted by Crippen LogP contribution is -2.02. The van der Waals surface area contributed by atoms with Crippen LogP contribution in [0.2, 0.25) is 0 Å². The molecule has 1 aromatic heterocycles. The van der Waals surface area contributed by atoms with E-state index in [1.54, 1.807) is 28.6 Å². The summed E-state index contributed by atoms with van der Waals surface area (Å²) in [5.74, 6) is 1.30. The molecule has 2 aromatic carbocycles. The number of fused-ring (bicyclic) bond motifs is 1. The van der Waals surface area contributed by atoms with E-state index in [4.69, 9.17) is 14.6 Å². The molecule has 2 heterocycles. The van der Waals surface area contributed by atoms with Crippen molar-refractivity contribution in [2.24, 2.45) is 5.92 Å². The van der Waals surface area contributed by atoms with Crippen LogP contribution in [0.5, 0.6) is 0 Å². The zero-order chi connectivity index (χ0) is 19.7. The van der Waals surface area contributed by atoms with Crippen LogP contribution in [0.3, 0.4) is 0 Å². The third-order valence-electron chi connectivity index (χ3n) is 4.39. The van der Waals surface area contributed by atoms with E-state index in [1.807, 2.05) is 30.3 Å². The number of aromatic nitrogens is 2. The van der Waals surface area contributed by atoms with E-state index >= 15 is 0 Å². The number of thioether (sulfide) groups is 1. The van der Waals surface area contributed by atoms with Crippen LogP contribution < -0.4 is 0 Å². The van der Waals surface area contributed by atoms with Crippen molar-refractivity contribution in [3.05, 3.63) is 58.3 Å². The quantitative estimate of drug-likeness (QED) is 0.339. The second-order valence-electron chi connectivity index (χ2n) is 7.01. The van der Waals surface area contributed by atoms with Crippen molar-refractivity contribution < 1.29 is 14.4 Å². The Morgan fingerprint density at radius 3 is 2.61 bits per heavy atom. The van der Waals surface area contributed by atoms with E-state index < -0.39 is 6.29 Å². The largest absolute Gasteiger partial charge is 0.345 e. The van der Waals surface area contributed by atoms with Gasteiger partial charge in [0.1, 0.15) is 5.69 Å². The molecule has 146 valence electrons. The average molecular weight is 399 g/mol. The van der Waals surface area contributed by atoms with Gasteiger partial charge in [0.2, 0.25) is 6.29 Å². The highest BCUT2D eigenvalue weighted by atomic mass is 32.2. The Hall–Kier alpha value is -2.42. The Morgan fingerprint density at radius 1 is 1.25 bits per heavy atom. The smallest absolute Gasteiger partial charge is 0.272 e. The van der Waals surface area contributed by atoms with Crippen LogP contribution in [0.4, 0.5) is 5.69 Å². The van der Waals surface area contributed by atoms with Crippen molar-refractivity contribution in [1.82, 2.24) is 9.78 Å². The summed E-state index contributed by atoms with van der Waals surface area (Å²) in [4.78, 5) is 12.0. The Bertz CT molecular complexity index is 998. The lowest BCUT2D eigenvalue weighted by Gasteiger charge is -2.10. The second-order valence-corrected chi connectivity index (χ2v) is 8.07. The van der Waals surface area contributed by atoms with Gasteiger partial charge in [0.05, 0.1) is 29.3 Å². The third kappa shape index (κ3) is 3.63. The van der Waals surface area contributed by atoms with Gasteiger partial charge in [0, 0.05) is 28.2 Å². The van der Waals surface area contributed by atoms with E-state index in [9.17, 15) is 10.1 Å². The van der Waals surface area contributed by atoms with Gasteiger partial charge in [-0.1, -0.05) is 32.0 Å². The molecular weight excluding hydrogens is 378 g/mol. The molecule has 0 amide bonds. The summed E-state index contributed by atoms with van der Waals surface area (Å²) in [5, 5.41) is 17.2. The number of nitrogens with zero attached hydrogens (tertiary/aromatic N) is 3. The first-order valence-electron chi connectivity index (χ1n) is 9.17. The van der Waals surface area contributed by atoms with Gasteiger partial charge in [-0.15, -0.1) is 11.8 Å². The minimum Gasteiger partial charge on any atom is -0.345 e. The summed E-state index contributed by atoms with van der Waals surface area (Å²) in [6.45, 7) is 5.26. The van der Waals surface area contributed by atoms with Crippen LogP contribution in [-0.2, 0) is 9.47 Å². The Morgan fingerprint density at radius 2 is 1.96 bits per heavy atom. The molecule has 0 aliphatic carbocycles. The Kier molecular flexibility index (Phi) is 5.34. The molecule has 0 radical (unpaired) electrons. The predicted octanol–water partition coefficient (Wildman–Crippen LogP) is 4.73. The molecule has 0 N–H and O–H groups in total. The molecular formula is C20H21N3O4S. The number of hydrogen-bond acceptors (Lipinski definition) is 6. The van der Waals surface area contributed by atoms with Crippen LogP contribution in [0, 0.1) is 16.0 Å². The number of rotatable bonds is 6. The fraction of sp³-hybridized carbons (Fsp3) is 0.350. The first kappa shape index (κ1) is 18.9. The fourth-order valence-corrected chi connectivity index (χ4v) is 4.22. The van der Waals surface area contributed by atoms with Gasteiger partial charge in [0.25, 0.3) is 5.69 Å². The van der Waals surface area contributed by atoms with Gasteiger partial charge in [-0.05, 0) is 18.1 Å². The number of benzene rings is 2. The lowest BCUT2D eigenvalue weighted by atomic mass is 10.1. The SMILES string of the molecule is CC(C)CSc1cc([N+](=O)[O-])cc2c1c(C1OCCO1)nn2-c1ccccc1. The summed E-state index contributed by atoms with van der Waals surface area (Å²) in [6, 6.07) is 12.8. The third-order valence-corrected chi connectivity index (χ3v) is 5.85. The minimum atomic E-state index is -0.563. The maximum absolute atomic E-state index is 11.6. The van der Waals surface area contributed by atoms with E-state index in [0.717, 1.165) is 21.7 Å². The van der Waals surface area contributed by atoms with E-state index in [1.165, 1.54) is 0 Å². The maximum Gasteiger partial charge on any atom is 0.272 e. The first-order chi connectivity index (χ1) is 13.5. The number of hydrogen-bond donors (Lipinski definition) is 0. The summed E-state index contributed by atoms with van der Waals surface area (Å²) < 4.78 is 13.2. The molecule has 0 spiro atoms. The van der Waals surface area contributed by atoms with Crippen LogP contribution in [0.25, 0.3) is 16.6 Å². The maximum atomic E-state index is 11.6. The summed E-state index contributed by atoms with van der Waals surface area (Å²) in [7, 11) is 0. The van der Waals surface area contributed by atoms with Gasteiger partial charge in [-0.3, -0.25) is 10.1 Å². The van der Waals surface area contributed by atoms with Crippen molar-refractivity contribution in [2.45, 2.75) is 25.0 Å². The predicted molar refractivity (Wildman–Crippen MR) is 108 cm³/mol. The lowest BCUT2D eigenvalue weighted by molar-refractivity contribution is -0.384. The normalized spacial score (nSPS) is 15.0. The molecule has 1 aliphatic rings. The number of nitro groups is 1.